The number of anilines is 4. The average Bonchev–Trinajstić information content (AvgIpc) is 3.00. The molecule has 0 radical (unpaired) electrons. The summed E-state index contributed by atoms with van der Waals surface area (Å²) in [5, 5.41) is 5.72. The fourth-order valence-corrected chi connectivity index (χ4v) is 4.92. The van der Waals surface area contributed by atoms with Crippen molar-refractivity contribution in [2.24, 2.45) is 0 Å². The van der Waals surface area contributed by atoms with Gasteiger partial charge in [0, 0.05) is 60.1 Å². The molecule has 206 valence electrons. The van der Waals surface area contributed by atoms with Crippen LogP contribution in [0.25, 0.3) is 22.3 Å². The molecule has 4 rings (SSSR count). The molecule has 2 amide bonds. The van der Waals surface area contributed by atoms with Crippen LogP contribution in [-0.4, -0.2) is 38.0 Å². The first-order valence-corrected chi connectivity index (χ1v) is 14.0. The Morgan fingerprint density at radius 1 is 0.525 bits per heavy atom. The molecule has 4 aromatic rings. The SMILES string of the molecule is CCN(CC)c1ccc(NC(=O)C(=O)Nc2ccc(N(CC)CC)cc2-c2ccccc2)c(-c2ccccc2)c1. The van der Waals surface area contributed by atoms with Crippen molar-refractivity contribution in [1.29, 1.82) is 0 Å². The van der Waals surface area contributed by atoms with E-state index < -0.39 is 11.8 Å². The lowest BCUT2D eigenvalue weighted by Crippen LogP contribution is -2.29. The molecule has 0 aliphatic rings. The van der Waals surface area contributed by atoms with Gasteiger partial charge >= 0.3 is 11.8 Å². The number of amides is 2. The summed E-state index contributed by atoms with van der Waals surface area (Å²) in [6, 6.07) is 31.6. The number of carbonyl (C=O) groups is 2. The zero-order chi connectivity index (χ0) is 28.5. The lowest BCUT2D eigenvalue weighted by atomic mass is 10.0. The molecule has 0 aliphatic carbocycles. The number of hydrogen-bond donors (Lipinski definition) is 2. The highest BCUT2D eigenvalue weighted by molar-refractivity contribution is 6.44. The Balaban J connectivity index is 1.62. The summed E-state index contributed by atoms with van der Waals surface area (Å²) >= 11 is 0. The molecule has 0 saturated carbocycles. The van der Waals surface area contributed by atoms with E-state index in [1.807, 2.05) is 84.9 Å². The first kappa shape index (κ1) is 28.4. The van der Waals surface area contributed by atoms with Crippen molar-refractivity contribution < 1.29 is 9.59 Å². The first-order valence-electron chi connectivity index (χ1n) is 14.0. The smallest absolute Gasteiger partial charge is 0.314 e. The van der Waals surface area contributed by atoms with Gasteiger partial charge in [-0.1, -0.05) is 60.7 Å². The third kappa shape index (κ3) is 6.52. The standard InChI is InChI=1S/C34H38N4O2/c1-5-37(6-2)27-19-21-31(29(23-27)25-15-11-9-12-16-25)35-33(39)34(40)36-32-22-20-28(38(7-3)8-4)24-30(32)26-17-13-10-14-18-26/h9-24H,5-8H2,1-4H3,(H,35,39)(H,36,40). The lowest BCUT2D eigenvalue weighted by Gasteiger charge is -2.23. The van der Waals surface area contributed by atoms with E-state index in [0.717, 1.165) is 59.8 Å². The summed E-state index contributed by atoms with van der Waals surface area (Å²) in [6.07, 6.45) is 0. The van der Waals surface area contributed by atoms with Gasteiger partial charge in [0.15, 0.2) is 0 Å². The van der Waals surface area contributed by atoms with Crippen molar-refractivity contribution in [3.8, 4) is 22.3 Å². The van der Waals surface area contributed by atoms with Crippen LogP contribution in [0.3, 0.4) is 0 Å². The lowest BCUT2D eigenvalue weighted by molar-refractivity contribution is -0.132. The molecule has 6 nitrogen and oxygen atoms in total. The molecule has 0 fully saturated rings. The average molecular weight is 535 g/mol. The highest BCUT2D eigenvalue weighted by Crippen LogP contribution is 2.34. The predicted octanol–water partition coefficient (Wildman–Crippen LogP) is 7.29. The zero-order valence-electron chi connectivity index (χ0n) is 23.8. The summed E-state index contributed by atoms with van der Waals surface area (Å²) in [4.78, 5) is 30.9. The van der Waals surface area contributed by atoms with Crippen LogP contribution < -0.4 is 20.4 Å². The summed E-state index contributed by atoms with van der Waals surface area (Å²) in [6.45, 7) is 11.9. The van der Waals surface area contributed by atoms with Gasteiger partial charge in [-0.3, -0.25) is 9.59 Å². The number of hydrogen-bond acceptors (Lipinski definition) is 4. The third-order valence-corrected chi connectivity index (χ3v) is 7.14. The van der Waals surface area contributed by atoms with E-state index in [-0.39, 0.29) is 0 Å². The van der Waals surface area contributed by atoms with Gasteiger partial charge in [-0.05, 0) is 75.2 Å². The van der Waals surface area contributed by atoms with E-state index in [0.29, 0.717) is 11.4 Å². The first-order chi connectivity index (χ1) is 19.5. The van der Waals surface area contributed by atoms with E-state index in [2.05, 4.69) is 60.3 Å². The minimum absolute atomic E-state index is 0.586. The Morgan fingerprint density at radius 3 is 1.20 bits per heavy atom. The van der Waals surface area contributed by atoms with Crippen molar-refractivity contribution >= 4 is 34.6 Å². The maximum atomic E-state index is 13.2. The van der Waals surface area contributed by atoms with Crippen LogP contribution in [0, 0.1) is 0 Å². The predicted molar refractivity (Wildman–Crippen MR) is 168 cm³/mol. The Morgan fingerprint density at radius 2 is 0.875 bits per heavy atom. The second kappa shape index (κ2) is 13.5. The van der Waals surface area contributed by atoms with Gasteiger partial charge in [-0.2, -0.15) is 0 Å². The number of nitrogens with zero attached hydrogens (tertiary/aromatic N) is 2. The Bertz CT molecular complexity index is 1320. The zero-order valence-corrected chi connectivity index (χ0v) is 23.8. The largest absolute Gasteiger partial charge is 0.372 e. The molecule has 0 aliphatic heterocycles. The second-order valence-corrected chi connectivity index (χ2v) is 9.44. The van der Waals surface area contributed by atoms with E-state index >= 15 is 0 Å². The highest BCUT2D eigenvalue weighted by Gasteiger charge is 2.19. The van der Waals surface area contributed by atoms with Crippen LogP contribution in [0.2, 0.25) is 0 Å². The van der Waals surface area contributed by atoms with Gasteiger partial charge in [0.05, 0.1) is 0 Å². The number of benzene rings is 4. The van der Waals surface area contributed by atoms with E-state index in [9.17, 15) is 9.59 Å². The monoisotopic (exact) mass is 534 g/mol. The molecule has 2 N–H and O–H groups in total. The van der Waals surface area contributed by atoms with E-state index in [1.54, 1.807) is 0 Å². The molecular weight excluding hydrogens is 496 g/mol. The van der Waals surface area contributed by atoms with E-state index in [4.69, 9.17) is 0 Å². The van der Waals surface area contributed by atoms with Gasteiger partial charge < -0.3 is 20.4 Å². The Kier molecular flexibility index (Phi) is 9.57. The van der Waals surface area contributed by atoms with Crippen LogP contribution in [0.1, 0.15) is 27.7 Å². The molecule has 0 atom stereocenters. The van der Waals surface area contributed by atoms with Crippen LogP contribution in [0.5, 0.6) is 0 Å². The molecule has 0 aromatic heterocycles. The molecule has 0 unspecified atom stereocenters. The molecule has 0 heterocycles. The molecule has 40 heavy (non-hydrogen) atoms. The van der Waals surface area contributed by atoms with Crippen LogP contribution in [0.4, 0.5) is 22.7 Å². The topological polar surface area (TPSA) is 64.7 Å². The molecule has 0 bridgehead atoms. The Hall–Kier alpha value is -4.58. The summed E-state index contributed by atoms with van der Waals surface area (Å²) in [5.74, 6) is -1.45. The molecule has 6 heteroatoms. The number of carbonyl (C=O) groups excluding carboxylic acids is 2. The van der Waals surface area contributed by atoms with E-state index in [1.165, 1.54) is 0 Å². The summed E-state index contributed by atoms with van der Waals surface area (Å²) < 4.78 is 0. The van der Waals surface area contributed by atoms with Crippen molar-refractivity contribution in [3.05, 3.63) is 97.1 Å². The van der Waals surface area contributed by atoms with Crippen LogP contribution in [-0.2, 0) is 9.59 Å². The fraction of sp³-hybridized carbons (Fsp3) is 0.235. The van der Waals surface area contributed by atoms with Gasteiger partial charge in [-0.25, -0.2) is 0 Å². The van der Waals surface area contributed by atoms with Gasteiger partial charge in [-0.15, -0.1) is 0 Å². The third-order valence-electron chi connectivity index (χ3n) is 7.14. The Labute approximate surface area is 237 Å². The molecular formula is C34H38N4O2. The second-order valence-electron chi connectivity index (χ2n) is 9.44. The normalized spacial score (nSPS) is 10.6. The highest BCUT2D eigenvalue weighted by atomic mass is 16.2. The van der Waals surface area contributed by atoms with Crippen molar-refractivity contribution in [1.82, 2.24) is 0 Å². The maximum Gasteiger partial charge on any atom is 0.314 e. The van der Waals surface area contributed by atoms with Crippen molar-refractivity contribution in [3.63, 3.8) is 0 Å². The molecule has 0 spiro atoms. The van der Waals surface area contributed by atoms with Gasteiger partial charge in [0.25, 0.3) is 0 Å². The molecule has 0 saturated heterocycles. The minimum Gasteiger partial charge on any atom is -0.372 e. The summed E-state index contributed by atoms with van der Waals surface area (Å²) in [7, 11) is 0. The van der Waals surface area contributed by atoms with Gasteiger partial charge in [0.1, 0.15) is 0 Å². The van der Waals surface area contributed by atoms with Crippen LogP contribution in [0.15, 0.2) is 97.1 Å². The molecule has 4 aromatic carbocycles. The number of rotatable bonds is 10. The maximum absolute atomic E-state index is 13.2. The minimum atomic E-state index is -0.723. The van der Waals surface area contributed by atoms with Crippen molar-refractivity contribution in [2.45, 2.75) is 27.7 Å². The summed E-state index contributed by atoms with van der Waals surface area (Å²) in [5.41, 5.74) is 6.94. The van der Waals surface area contributed by atoms with Crippen LogP contribution >= 0.6 is 0 Å². The fourth-order valence-electron chi connectivity index (χ4n) is 4.92. The number of nitrogens with one attached hydrogen (secondary N) is 2. The van der Waals surface area contributed by atoms with Gasteiger partial charge in [0.2, 0.25) is 0 Å². The quantitative estimate of drug-likeness (QED) is 0.210. The van der Waals surface area contributed by atoms with Crippen molar-refractivity contribution in [2.75, 3.05) is 46.6 Å².